The molecule has 1 N–H and O–H groups in total. The summed E-state index contributed by atoms with van der Waals surface area (Å²) in [5, 5.41) is 0. The number of aromatic nitrogens is 1. The van der Waals surface area contributed by atoms with Gasteiger partial charge in [-0.3, -0.25) is 0 Å². The normalized spacial score (nSPS) is 24.1. The van der Waals surface area contributed by atoms with E-state index >= 15 is 0 Å². The molecule has 2 heterocycles. The Bertz CT molecular complexity index is 323. The topological polar surface area (TPSA) is 25.0 Å². The van der Waals surface area contributed by atoms with Gasteiger partial charge in [-0.05, 0) is 30.9 Å². The number of hydrogen-bond donors (Lipinski definition) is 1. The van der Waals surface area contributed by atoms with Gasteiger partial charge in [0.15, 0.2) is 0 Å². The summed E-state index contributed by atoms with van der Waals surface area (Å²) >= 11 is 0. The second-order valence-electron chi connectivity index (χ2n) is 4.08. The Morgan fingerprint density at radius 2 is 2.33 bits per heavy atom. The number of hydrogen-bond acceptors (Lipinski definition) is 1. The summed E-state index contributed by atoms with van der Waals surface area (Å²) in [5.74, 6) is 0. The highest BCUT2D eigenvalue weighted by molar-refractivity contribution is 5.34. The van der Waals surface area contributed by atoms with Crippen LogP contribution in [0.4, 0.5) is 0 Å². The van der Waals surface area contributed by atoms with Crippen molar-refractivity contribution in [1.82, 2.24) is 4.98 Å². The molecule has 0 radical (unpaired) electrons. The van der Waals surface area contributed by atoms with Crippen LogP contribution in [0.2, 0.25) is 0 Å². The lowest BCUT2D eigenvalue weighted by atomic mass is 10.0. The molecule has 1 aromatic rings. The highest BCUT2D eigenvalue weighted by Gasteiger charge is 2.47. The Morgan fingerprint density at radius 3 is 3.08 bits per heavy atom. The predicted octanol–water partition coefficient (Wildman–Crippen LogP) is 1.93. The van der Waals surface area contributed by atoms with Crippen LogP contribution in [-0.4, -0.2) is 10.6 Å². The third kappa shape index (κ3) is 0.787. The molecule has 0 saturated heterocycles. The van der Waals surface area contributed by atoms with Gasteiger partial charge < -0.3 is 9.72 Å². The zero-order valence-electron chi connectivity index (χ0n) is 7.31. The fourth-order valence-corrected chi connectivity index (χ4v) is 2.04. The zero-order chi connectivity index (χ0) is 8.18. The van der Waals surface area contributed by atoms with Gasteiger partial charge in [0.05, 0.1) is 12.2 Å². The van der Waals surface area contributed by atoms with E-state index in [0.717, 1.165) is 13.0 Å². The molecule has 1 spiro atoms. The molecule has 2 heteroatoms. The minimum Gasteiger partial charge on any atom is -0.368 e. The lowest BCUT2D eigenvalue weighted by Gasteiger charge is -2.22. The van der Waals surface area contributed by atoms with Crippen molar-refractivity contribution in [2.45, 2.75) is 38.4 Å². The molecule has 0 amide bonds. The first-order valence-electron chi connectivity index (χ1n) is 4.59. The first-order chi connectivity index (χ1) is 5.79. The van der Waals surface area contributed by atoms with Crippen LogP contribution in [0.5, 0.6) is 0 Å². The molecule has 12 heavy (non-hydrogen) atoms. The van der Waals surface area contributed by atoms with Crippen molar-refractivity contribution >= 4 is 0 Å². The van der Waals surface area contributed by atoms with Gasteiger partial charge in [0.25, 0.3) is 0 Å². The van der Waals surface area contributed by atoms with Crippen LogP contribution >= 0.6 is 0 Å². The second-order valence-corrected chi connectivity index (χ2v) is 4.08. The van der Waals surface area contributed by atoms with Crippen LogP contribution in [0.3, 0.4) is 0 Å². The quantitative estimate of drug-likeness (QED) is 0.621. The fraction of sp³-hybridized carbons (Fsp3) is 0.600. The minimum absolute atomic E-state index is 0.264. The van der Waals surface area contributed by atoms with Crippen molar-refractivity contribution < 1.29 is 4.74 Å². The largest absolute Gasteiger partial charge is 0.368 e. The fourth-order valence-electron chi connectivity index (χ4n) is 2.04. The standard InChI is InChI=1S/C10H13NO/c1-7-5-11-9-6-12-10(2-3-10)4-8(7)9/h5,11H,2-4,6H2,1H3. The van der Waals surface area contributed by atoms with Crippen molar-refractivity contribution in [3.05, 3.63) is 23.0 Å². The Hall–Kier alpha value is -0.760. The molecule has 1 saturated carbocycles. The van der Waals surface area contributed by atoms with Crippen molar-refractivity contribution in [3.8, 4) is 0 Å². The first-order valence-corrected chi connectivity index (χ1v) is 4.59. The second kappa shape index (κ2) is 1.94. The number of nitrogens with one attached hydrogen (secondary N) is 1. The Labute approximate surface area is 71.9 Å². The molecule has 64 valence electrons. The molecule has 1 aliphatic heterocycles. The first kappa shape index (κ1) is 6.72. The van der Waals surface area contributed by atoms with Gasteiger partial charge >= 0.3 is 0 Å². The number of aryl methyl sites for hydroxylation is 1. The maximum absolute atomic E-state index is 5.78. The van der Waals surface area contributed by atoms with Gasteiger partial charge in [-0.15, -0.1) is 0 Å². The monoisotopic (exact) mass is 163 g/mol. The van der Waals surface area contributed by atoms with Crippen LogP contribution < -0.4 is 0 Å². The summed E-state index contributed by atoms with van der Waals surface area (Å²) in [6.07, 6.45) is 5.75. The number of aromatic amines is 1. The number of H-pyrrole nitrogens is 1. The van der Waals surface area contributed by atoms with Gasteiger partial charge in [0.1, 0.15) is 0 Å². The third-order valence-electron chi connectivity index (χ3n) is 3.13. The molecule has 2 aliphatic rings. The van der Waals surface area contributed by atoms with Crippen LogP contribution in [0, 0.1) is 6.92 Å². The molecular weight excluding hydrogens is 150 g/mol. The van der Waals surface area contributed by atoms with Gasteiger partial charge in [-0.2, -0.15) is 0 Å². The van der Waals surface area contributed by atoms with Crippen molar-refractivity contribution in [2.75, 3.05) is 0 Å². The number of rotatable bonds is 0. The molecule has 0 aromatic carbocycles. The predicted molar refractivity (Wildman–Crippen MR) is 46.0 cm³/mol. The van der Waals surface area contributed by atoms with Gasteiger partial charge in [0, 0.05) is 18.3 Å². The SMILES string of the molecule is Cc1c[nH]c2c1CC1(CC1)OC2. The summed E-state index contributed by atoms with van der Waals surface area (Å²) in [4.78, 5) is 3.27. The highest BCUT2D eigenvalue weighted by atomic mass is 16.5. The van der Waals surface area contributed by atoms with E-state index in [9.17, 15) is 0 Å². The average Bonchev–Trinajstić information content (AvgIpc) is 2.73. The van der Waals surface area contributed by atoms with E-state index in [-0.39, 0.29) is 5.60 Å². The molecule has 1 aromatic heterocycles. The summed E-state index contributed by atoms with van der Waals surface area (Å²) in [5.41, 5.74) is 4.48. The van der Waals surface area contributed by atoms with Gasteiger partial charge in [0.2, 0.25) is 0 Å². The molecule has 0 atom stereocenters. The van der Waals surface area contributed by atoms with E-state index in [0.29, 0.717) is 0 Å². The van der Waals surface area contributed by atoms with Crippen molar-refractivity contribution in [2.24, 2.45) is 0 Å². The Morgan fingerprint density at radius 1 is 1.50 bits per heavy atom. The summed E-state index contributed by atoms with van der Waals surface area (Å²) < 4.78 is 5.78. The van der Waals surface area contributed by atoms with Crippen molar-refractivity contribution in [3.63, 3.8) is 0 Å². The maximum Gasteiger partial charge on any atom is 0.0876 e. The maximum atomic E-state index is 5.78. The molecule has 0 bridgehead atoms. The van der Waals surface area contributed by atoms with Crippen molar-refractivity contribution in [1.29, 1.82) is 0 Å². The Balaban J connectivity index is 2.04. The van der Waals surface area contributed by atoms with Gasteiger partial charge in [-0.1, -0.05) is 0 Å². The van der Waals surface area contributed by atoms with Crippen LogP contribution in [0.25, 0.3) is 0 Å². The minimum atomic E-state index is 0.264. The summed E-state index contributed by atoms with van der Waals surface area (Å²) in [7, 11) is 0. The zero-order valence-corrected chi connectivity index (χ0v) is 7.31. The highest BCUT2D eigenvalue weighted by Crippen LogP contribution is 2.46. The van der Waals surface area contributed by atoms with E-state index in [1.807, 2.05) is 0 Å². The molecule has 1 aliphatic carbocycles. The molecule has 0 unspecified atom stereocenters. The average molecular weight is 163 g/mol. The lowest BCUT2D eigenvalue weighted by Crippen LogP contribution is -2.23. The molecule has 3 rings (SSSR count). The van der Waals surface area contributed by atoms with E-state index < -0.39 is 0 Å². The van der Waals surface area contributed by atoms with E-state index in [1.165, 1.54) is 29.7 Å². The lowest BCUT2D eigenvalue weighted by molar-refractivity contribution is 0.00644. The molecule has 2 nitrogen and oxygen atoms in total. The molecule has 1 fully saturated rings. The number of ether oxygens (including phenoxy) is 1. The van der Waals surface area contributed by atoms with E-state index in [2.05, 4.69) is 18.1 Å². The summed E-state index contributed by atoms with van der Waals surface area (Å²) in [6.45, 7) is 2.97. The number of fused-ring (bicyclic) bond motifs is 1. The third-order valence-corrected chi connectivity index (χ3v) is 3.13. The van der Waals surface area contributed by atoms with Crippen LogP contribution in [0.15, 0.2) is 6.20 Å². The van der Waals surface area contributed by atoms with E-state index in [1.54, 1.807) is 0 Å². The van der Waals surface area contributed by atoms with Crippen LogP contribution in [0.1, 0.15) is 29.7 Å². The summed E-state index contributed by atoms with van der Waals surface area (Å²) in [6, 6.07) is 0. The van der Waals surface area contributed by atoms with Gasteiger partial charge in [-0.25, -0.2) is 0 Å². The van der Waals surface area contributed by atoms with Crippen LogP contribution in [-0.2, 0) is 17.8 Å². The smallest absolute Gasteiger partial charge is 0.0876 e. The van der Waals surface area contributed by atoms with E-state index in [4.69, 9.17) is 4.74 Å². The molecular formula is C10H13NO. The Kier molecular flexibility index (Phi) is 1.09.